The zero-order valence-corrected chi connectivity index (χ0v) is 35.0. The Kier molecular flexibility index (Phi) is 10.1. The number of azo groups is 1. The van der Waals surface area contributed by atoms with Crippen molar-refractivity contribution in [3.05, 3.63) is 144 Å². The Hall–Kier alpha value is -7.28. The molecule has 62 heavy (non-hydrogen) atoms. The van der Waals surface area contributed by atoms with Crippen LogP contribution in [0.15, 0.2) is 137 Å². The average Bonchev–Trinajstić information content (AvgIpc) is 3.67. The number of phenols is 1. The number of hydrogen-bond donors (Lipinski definition) is 2. The van der Waals surface area contributed by atoms with Gasteiger partial charge >= 0.3 is 0 Å². The topological polar surface area (TPSA) is 153 Å². The molecule has 0 bridgehead atoms. The van der Waals surface area contributed by atoms with Gasteiger partial charge in [-0.15, -0.1) is 0 Å². The highest BCUT2D eigenvalue weighted by Crippen LogP contribution is 2.66. The summed E-state index contributed by atoms with van der Waals surface area (Å²) in [5.74, 6) is -5.61. The van der Waals surface area contributed by atoms with E-state index in [2.05, 4.69) is 15.7 Å². The van der Waals surface area contributed by atoms with E-state index < -0.39 is 52.7 Å². The van der Waals surface area contributed by atoms with Gasteiger partial charge in [0.2, 0.25) is 11.8 Å². The van der Waals surface area contributed by atoms with Crippen molar-refractivity contribution in [2.75, 3.05) is 43.5 Å². The molecular formula is C49H46N6O7. The fraction of sp³-hybridized carbons (Fsp3) is 0.265. The largest absolute Gasteiger partial charge is 0.507 e. The van der Waals surface area contributed by atoms with Crippen LogP contribution < -0.4 is 24.7 Å². The molecule has 13 heteroatoms. The maximum Gasteiger partial charge on any atom is 0.260 e. The maximum atomic E-state index is 15.5. The fourth-order valence-electron chi connectivity index (χ4n) is 10.1. The van der Waals surface area contributed by atoms with Crippen molar-refractivity contribution in [3.63, 3.8) is 0 Å². The summed E-state index contributed by atoms with van der Waals surface area (Å²) in [5.41, 5.74) is 7.23. The maximum absolute atomic E-state index is 15.5. The third kappa shape index (κ3) is 6.38. The van der Waals surface area contributed by atoms with Gasteiger partial charge in [0.05, 0.1) is 60.1 Å². The molecule has 1 saturated carbocycles. The van der Waals surface area contributed by atoms with Gasteiger partial charge in [-0.3, -0.25) is 29.5 Å². The molecule has 5 aromatic rings. The van der Waals surface area contributed by atoms with Crippen LogP contribution in [-0.4, -0.2) is 62.1 Å². The lowest BCUT2D eigenvalue weighted by Gasteiger charge is -2.50. The minimum atomic E-state index is -1.60. The summed E-state index contributed by atoms with van der Waals surface area (Å²) < 4.78 is 11.5. The van der Waals surface area contributed by atoms with Crippen molar-refractivity contribution in [3.8, 4) is 17.2 Å². The van der Waals surface area contributed by atoms with Crippen molar-refractivity contribution >= 4 is 52.1 Å². The molecule has 314 valence electrons. The van der Waals surface area contributed by atoms with Crippen molar-refractivity contribution in [2.24, 2.45) is 33.9 Å². The Morgan fingerprint density at radius 1 is 0.774 bits per heavy atom. The SMILES string of the molecule is COc1cc(O)c([C@H]2C3=CC[C@@H]4C(=O)N(c5ccc(N=Nc6ccc(N(C)C)cc6)cc5)C(=O)[C@@H]4[C@@H]3C[C@H]3C(=O)N(Nc4ccc(C)cc4)C(=O)[C@@]23c2ccccc2)c(OC)c1. The van der Waals surface area contributed by atoms with E-state index in [4.69, 9.17) is 9.47 Å². The molecule has 4 aliphatic rings. The van der Waals surface area contributed by atoms with E-state index in [1.54, 1.807) is 42.5 Å². The van der Waals surface area contributed by atoms with E-state index in [1.807, 2.05) is 98.7 Å². The summed E-state index contributed by atoms with van der Waals surface area (Å²) in [6.07, 6.45) is 2.24. The molecule has 3 fully saturated rings. The zero-order valence-electron chi connectivity index (χ0n) is 35.0. The molecule has 0 aromatic heterocycles. The number of carbonyl (C=O) groups excluding carboxylic acids is 4. The molecule has 2 saturated heterocycles. The third-order valence-corrected chi connectivity index (χ3v) is 13.0. The number of ether oxygens (including phenoxy) is 2. The molecule has 0 spiro atoms. The van der Waals surface area contributed by atoms with E-state index in [1.165, 1.54) is 25.2 Å². The first-order valence-electron chi connectivity index (χ1n) is 20.5. The van der Waals surface area contributed by atoms with Crippen LogP contribution in [0.5, 0.6) is 17.2 Å². The zero-order chi connectivity index (χ0) is 43.4. The van der Waals surface area contributed by atoms with Crippen LogP contribution in [0.4, 0.5) is 28.4 Å². The first-order chi connectivity index (χ1) is 30.0. The predicted octanol–water partition coefficient (Wildman–Crippen LogP) is 8.39. The minimum absolute atomic E-state index is 0.0932. The number of imide groups is 2. The number of methoxy groups -OCH3 is 2. The van der Waals surface area contributed by atoms with Gasteiger partial charge in [-0.1, -0.05) is 59.7 Å². The highest BCUT2D eigenvalue weighted by molar-refractivity contribution is 6.22. The summed E-state index contributed by atoms with van der Waals surface area (Å²) in [6, 6.07) is 34.0. The average molecular weight is 831 g/mol. The van der Waals surface area contributed by atoms with E-state index in [0.29, 0.717) is 39.6 Å². The number of nitrogens with one attached hydrogen (secondary N) is 1. The normalized spacial score (nSPS) is 24.1. The van der Waals surface area contributed by atoms with E-state index >= 15 is 9.59 Å². The number of aryl methyl sites for hydroxylation is 1. The highest BCUT2D eigenvalue weighted by atomic mass is 16.5. The molecule has 0 radical (unpaired) electrons. The second-order valence-corrected chi connectivity index (χ2v) is 16.5. The molecule has 2 N–H and O–H groups in total. The molecule has 13 nitrogen and oxygen atoms in total. The van der Waals surface area contributed by atoms with Crippen molar-refractivity contribution in [1.29, 1.82) is 0 Å². The Morgan fingerprint density at radius 2 is 1.44 bits per heavy atom. The predicted molar refractivity (Wildman–Crippen MR) is 234 cm³/mol. The molecule has 2 heterocycles. The van der Waals surface area contributed by atoms with Crippen LogP contribution in [0.2, 0.25) is 0 Å². The first kappa shape index (κ1) is 40.1. The number of amides is 4. The minimum Gasteiger partial charge on any atom is -0.507 e. The Morgan fingerprint density at radius 3 is 2.06 bits per heavy atom. The molecular weight excluding hydrogens is 785 g/mol. The van der Waals surface area contributed by atoms with Crippen LogP contribution in [0.1, 0.15) is 35.4 Å². The number of fused-ring (bicyclic) bond motifs is 4. The Bertz CT molecular complexity index is 2650. The van der Waals surface area contributed by atoms with Crippen LogP contribution in [-0.2, 0) is 24.6 Å². The quantitative estimate of drug-likeness (QED) is 0.0803. The second kappa shape index (κ2) is 15.6. The lowest BCUT2D eigenvalue weighted by Crippen LogP contribution is -2.53. The van der Waals surface area contributed by atoms with Gasteiger partial charge in [0.15, 0.2) is 0 Å². The number of phenolic OH excluding ortho intramolecular Hbond substituents is 1. The summed E-state index contributed by atoms with van der Waals surface area (Å²) in [4.78, 5) is 63.1. The number of rotatable bonds is 10. The summed E-state index contributed by atoms with van der Waals surface area (Å²) in [6.45, 7) is 1.95. The number of hydrazine groups is 1. The van der Waals surface area contributed by atoms with Crippen LogP contribution in [0, 0.1) is 30.6 Å². The lowest BCUT2D eigenvalue weighted by molar-refractivity contribution is -0.138. The van der Waals surface area contributed by atoms with E-state index in [-0.39, 0.29) is 35.8 Å². The van der Waals surface area contributed by atoms with Gasteiger partial charge in [0, 0.05) is 43.4 Å². The number of nitrogens with zero attached hydrogens (tertiary/aromatic N) is 5. The van der Waals surface area contributed by atoms with Gasteiger partial charge in [-0.25, -0.2) is 0 Å². The molecule has 6 atom stereocenters. The van der Waals surface area contributed by atoms with Crippen molar-refractivity contribution < 1.29 is 33.8 Å². The first-order valence-corrected chi connectivity index (χ1v) is 20.5. The monoisotopic (exact) mass is 830 g/mol. The standard InChI is InChI=1S/C49H46N6O7/c1-28-11-13-32(14-12-28)52-55-46(58)39-27-38-36(44(43-40(56)25-35(61-4)26-41(43)62-5)49(39,48(55)60)29-9-7-6-8-10-29)23-24-37-42(38)47(59)54(45(37)57)34-21-17-31(18-22-34)51-50-30-15-19-33(20-16-30)53(2)3/h6-23,25-26,37-39,42,44,52,56H,24,27H2,1-5H3/t37-,38+,39-,42-,44+,49+/m0/s1. The van der Waals surface area contributed by atoms with Crippen LogP contribution in [0.25, 0.3) is 0 Å². The van der Waals surface area contributed by atoms with Crippen LogP contribution in [0.3, 0.4) is 0 Å². The molecule has 2 aliphatic heterocycles. The lowest BCUT2D eigenvalue weighted by atomic mass is 9.49. The Labute approximate surface area is 359 Å². The smallest absolute Gasteiger partial charge is 0.260 e. The van der Waals surface area contributed by atoms with E-state index in [0.717, 1.165) is 16.3 Å². The number of benzene rings is 5. The third-order valence-electron chi connectivity index (χ3n) is 13.0. The summed E-state index contributed by atoms with van der Waals surface area (Å²) in [5, 5.41) is 21.8. The fourth-order valence-corrected chi connectivity index (χ4v) is 10.1. The summed E-state index contributed by atoms with van der Waals surface area (Å²) in [7, 11) is 6.86. The van der Waals surface area contributed by atoms with Crippen LogP contribution >= 0.6 is 0 Å². The van der Waals surface area contributed by atoms with Crippen molar-refractivity contribution in [1.82, 2.24) is 5.01 Å². The highest BCUT2D eigenvalue weighted by Gasteiger charge is 2.71. The molecule has 4 amide bonds. The van der Waals surface area contributed by atoms with Crippen molar-refractivity contribution in [2.45, 2.75) is 31.1 Å². The molecule has 2 aliphatic carbocycles. The van der Waals surface area contributed by atoms with E-state index in [9.17, 15) is 14.7 Å². The number of allylic oxidation sites excluding steroid dienone is 2. The van der Waals surface area contributed by atoms with Gasteiger partial charge in [-0.05, 0) is 91.9 Å². The number of aromatic hydroxyl groups is 1. The molecule has 5 aromatic carbocycles. The van der Waals surface area contributed by atoms with Gasteiger partial charge in [0.25, 0.3) is 11.8 Å². The molecule has 0 unspecified atom stereocenters. The number of anilines is 3. The number of hydrogen-bond acceptors (Lipinski definition) is 11. The molecule has 9 rings (SSSR count). The number of carbonyl (C=O) groups is 4. The Balaban J connectivity index is 1.13. The summed E-state index contributed by atoms with van der Waals surface area (Å²) >= 11 is 0. The van der Waals surface area contributed by atoms with Gasteiger partial charge < -0.3 is 19.5 Å². The van der Waals surface area contributed by atoms with Gasteiger partial charge in [0.1, 0.15) is 17.2 Å². The second-order valence-electron chi connectivity index (χ2n) is 16.5. The van der Waals surface area contributed by atoms with Gasteiger partial charge in [-0.2, -0.15) is 15.2 Å².